The van der Waals surface area contributed by atoms with Crippen molar-refractivity contribution in [1.29, 1.82) is 0 Å². The molecule has 86 valence electrons. The predicted octanol–water partition coefficient (Wildman–Crippen LogP) is 2.66. The lowest BCUT2D eigenvalue weighted by Crippen LogP contribution is -2.34. The van der Waals surface area contributed by atoms with Gasteiger partial charge in [0, 0.05) is 5.92 Å². The van der Waals surface area contributed by atoms with Gasteiger partial charge in [-0.15, -0.1) is 11.6 Å². The number of alkyl halides is 1. The fourth-order valence-electron chi connectivity index (χ4n) is 2.03. The van der Waals surface area contributed by atoms with Crippen molar-refractivity contribution >= 4 is 17.5 Å². The molecule has 3 heteroatoms. The highest BCUT2D eigenvalue weighted by Gasteiger charge is 2.32. The van der Waals surface area contributed by atoms with E-state index in [1.54, 1.807) is 0 Å². The van der Waals surface area contributed by atoms with Crippen LogP contribution in [-0.4, -0.2) is 11.3 Å². The molecule has 1 aliphatic carbocycles. The van der Waals surface area contributed by atoms with E-state index in [0.29, 0.717) is 0 Å². The molecule has 16 heavy (non-hydrogen) atoms. The van der Waals surface area contributed by atoms with Gasteiger partial charge in [-0.1, -0.05) is 38.1 Å². The quantitative estimate of drug-likeness (QED) is 0.788. The number of carbonyl (C=O) groups is 1. The fraction of sp³-hybridized carbons (Fsp3) is 0.462. The summed E-state index contributed by atoms with van der Waals surface area (Å²) in [6.45, 7) is 3.78. The zero-order chi connectivity index (χ0) is 11.7. The molecule has 1 aliphatic rings. The predicted molar refractivity (Wildman–Crippen MR) is 65.5 cm³/mol. The van der Waals surface area contributed by atoms with Gasteiger partial charge in [0.2, 0.25) is 5.91 Å². The molecule has 1 amide bonds. The molecule has 0 radical (unpaired) electrons. The Morgan fingerprint density at radius 3 is 2.81 bits per heavy atom. The molecule has 1 N–H and O–H groups in total. The van der Waals surface area contributed by atoms with Gasteiger partial charge in [0.25, 0.3) is 0 Å². The molecular weight excluding hydrogens is 222 g/mol. The average molecular weight is 238 g/mol. The van der Waals surface area contributed by atoms with Gasteiger partial charge < -0.3 is 5.32 Å². The molecule has 0 spiro atoms. The molecule has 2 atom stereocenters. The fourth-order valence-corrected chi connectivity index (χ4v) is 2.40. The van der Waals surface area contributed by atoms with Crippen LogP contribution in [0.3, 0.4) is 0 Å². The van der Waals surface area contributed by atoms with E-state index in [4.69, 9.17) is 11.6 Å². The van der Waals surface area contributed by atoms with Gasteiger partial charge in [-0.3, -0.25) is 4.79 Å². The van der Waals surface area contributed by atoms with E-state index in [1.165, 1.54) is 5.56 Å². The molecule has 0 bridgehead atoms. The highest BCUT2D eigenvalue weighted by atomic mass is 35.5. The van der Waals surface area contributed by atoms with Crippen LogP contribution < -0.4 is 5.32 Å². The molecule has 2 nitrogen and oxygen atoms in total. The van der Waals surface area contributed by atoms with E-state index in [9.17, 15) is 4.79 Å². The maximum Gasteiger partial charge on any atom is 0.223 e. The first kappa shape index (κ1) is 11.5. The number of benzene rings is 1. The lowest BCUT2D eigenvalue weighted by atomic mass is 10.1. The molecular formula is C13H16ClNO. The number of fused-ring (bicyclic) bond motifs is 1. The first-order valence-corrected chi connectivity index (χ1v) is 6.05. The number of hydrogen-bond donors (Lipinski definition) is 1. The number of carbonyl (C=O) groups excluding carboxylic acids is 1. The van der Waals surface area contributed by atoms with Crippen LogP contribution in [0.2, 0.25) is 0 Å². The van der Waals surface area contributed by atoms with Gasteiger partial charge in [-0.05, 0) is 17.5 Å². The van der Waals surface area contributed by atoms with Gasteiger partial charge >= 0.3 is 0 Å². The van der Waals surface area contributed by atoms with Crippen LogP contribution in [0.1, 0.15) is 31.0 Å². The maximum atomic E-state index is 11.7. The molecule has 1 aromatic rings. The standard InChI is InChI=1S/C13H16ClNO/c1-8(2)13(16)15-12-10-6-4-3-5-9(10)7-11(12)14/h3-6,8,11-12H,7H2,1-2H3,(H,15,16). The molecule has 1 aromatic carbocycles. The van der Waals surface area contributed by atoms with E-state index in [2.05, 4.69) is 11.4 Å². The summed E-state index contributed by atoms with van der Waals surface area (Å²) in [7, 11) is 0. The minimum atomic E-state index is -0.0345. The molecule has 0 aliphatic heterocycles. The number of hydrogen-bond acceptors (Lipinski definition) is 1. The van der Waals surface area contributed by atoms with Gasteiger partial charge in [-0.2, -0.15) is 0 Å². The van der Waals surface area contributed by atoms with Crippen LogP contribution in [0, 0.1) is 5.92 Å². The van der Waals surface area contributed by atoms with Crippen LogP contribution in [0.5, 0.6) is 0 Å². The van der Waals surface area contributed by atoms with Crippen molar-refractivity contribution in [3.05, 3.63) is 35.4 Å². The Bertz CT molecular complexity index is 403. The van der Waals surface area contributed by atoms with Crippen molar-refractivity contribution in [3.63, 3.8) is 0 Å². The lowest BCUT2D eigenvalue weighted by Gasteiger charge is -2.18. The summed E-state index contributed by atoms with van der Waals surface area (Å²) in [5.74, 6) is 0.0592. The van der Waals surface area contributed by atoms with Crippen molar-refractivity contribution in [3.8, 4) is 0 Å². The SMILES string of the molecule is CC(C)C(=O)NC1c2ccccc2CC1Cl. The minimum Gasteiger partial charge on any atom is -0.348 e. The second-order valence-corrected chi connectivity index (χ2v) is 5.12. The number of nitrogens with one attached hydrogen (secondary N) is 1. The van der Waals surface area contributed by atoms with Gasteiger partial charge in [-0.25, -0.2) is 0 Å². The number of halogens is 1. The van der Waals surface area contributed by atoms with Gasteiger partial charge in [0.05, 0.1) is 11.4 Å². The average Bonchev–Trinajstić information content (AvgIpc) is 2.55. The summed E-state index contributed by atoms with van der Waals surface area (Å²) in [6.07, 6.45) is 0.834. The van der Waals surface area contributed by atoms with Crippen molar-refractivity contribution < 1.29 is 4.79 Å². The Kier molecular flexibility index (Phi) is 3.20. The second-order valence-electron chi connectivity index (χ2n) is 4.56. The Morgan fingerprint density at radius 1 is 1.44 bits per heavy atom. The van der Waals surface area contributed by atoms with Crippen molar-refractivity contribution in [1.82, 2.24) is 5.32 Å². The van der Waals surface area contributed by atoms with Gasteiger partial charge in [0.1, 0.15) is 0 Å². The highest BCUT2D eigenvalue weighted by Crippen LogP contribution is 2.34. The molecule has 0 heterocycles. The van der Waals surface area contributed by atoms with E-state index in [-0.39, 0.29) is 23.2 Å². The monoisotopic (exact) mass is 237 g/mol. The third kappa shape index (κ3) is 2.07. The smallest absolute Gasteiger partial charge is 0.223 e. The summed E-state index contributed by atoms with van der Waals surface area (Å²) in [5, 5.41) is 2.99. The zero-order valence-electron chi connectivity index (χ0n) is 9.53. The number of amides is 1. The lowest BCUT2D eigenvalue weighted by molar-refractivity contribution is -0.124. The normalized spacial score (nSPS) is 23.2. The molecule has 0 saturated carbocycles. The third-order valence-corrected chi connectivity index (χ3v) is 3.40. The Morgan fingerprint density at radius 2 is 2.12 bits per heavy atom. The second kappa shape index (κ2) is 4.46. The first-order valence-electron chi connectivity index (χ1n) is 5.62. The van der Waals surface area contributed by atoms with E-state index in [1.807, 2.05) is 32.0 Å². The van der Waals surface area contributed by atoms with Gasteiger partial charge in [0.15, 0.2) is 0 Å². The Balaban J connectivity index is 2.19. The van der Waals surface area contributed by atoms with E-state index >= 15 is 0 Å². The minimum absolute atomic E-state index is 0.00312. The van der Waals surface area contributed by atoms with Crippen LogP contribution >= 0.6 is 11.6 Å². The largest absolute Gasteiger partial charge is 0.348 e. The zero-order valence-corrected chi connectivity index (χ0v) is 10.3. The third-order valence-electron chi connectivity index (χ3n) is 2.99. The Labute approximate surface area is 101 Å². The van der Waals surface area contributed by atoms with Crippen molar-refractivity contribution in [2.24, 2.45) is 5.92 Å². The van der Waals surface area contributed by atoms with E-state index < -0.39 is 0 Å². The summed E-state index contributed by atoms with van der Waals surface area (Å²) < 4.78 is 0. The van der Waals surface area contributed by atoms with Crippen LogP contribution in [0.25, 0.3) is 0 Å². The van der Waals surface area contributed by atoms with Crippen LogP contribution in [0.4, 0.5) is 0 Å². The van der Waals surface area contributed by atoms with Crippen molar-refractivity contribution in [2.75, 3.05) is 0 Å². The summed E-state index contributed by atoms with van der Waals surface area (Å²) >= 11 is 6.28. The molecule has 2 unspecified atom stereocenters. The molecule has 0 aromatic heterocycles. The number of rotatable bonds is 2. The Hall–Kier alpha value is -1.02. The topological polar surface area (TPSA) is 29.1 Å². The summed E-state index contributed by atoms with van der Waals surface area (Å²) in [5.41, 5.74) is 2.41. The molecule has 2 rings (SSSR count). The highest BCUT2D eigenvalue weighted by molar-refractivity contribution is 6.21. The summed E-state index contributed by atoms with van der Waals surface area (Å²) in [6, 6.07) is 8.08. The summed E-state index contributed by atoms with van der Waals surface area (Å²) in [4.78, 5) is 11.7. The molecule has 0 fully saturated rings. The maximum absolute atomic E-state index is 11.7. The van der Waals surface area contributed by atoms with E-state index in [0.717, 1.165) is 12.0 Å². The molecule has 0 saturated heterocycles. The van der Waals surface area contributed by atoms with Crippen molar-refractivity contribution in [2.45, 2.75) is 31.7 Å². The first-order chi connectivity index (χ1) is 7.59. The van der Waals surface area contributed by atoms with Crippen LogP contribution in [0.15, 0.2) is 24.3 Å². The van der Waals surface area contributed by atoms with Crippen LogP contribution in [-0.2, 0) is 11.2 Å².